The van der Waals surface area contributed by atoms with Crippen LogP contribution >= 0.6 is 11.3 Å². The van der Waals surface area contributed by atoms with Crippen LogP contribution < -0.4 is 5.32 Å². The van der Waals surface area contributed by atoms with E-state index in [2.05, 4.69) is 15.5 Å². The highest BCUT2D eigenvalue weighted by Gasteiger charge is 2.16. The van der Waals surface area contributed by atoms with Crippen molar-refractivity contribution in [1.29, 1.82) is 0 Å². The molecule has 0 atom stereocenters. The van der Waals surface area contributed by atoms with Crippen molar-refractivity contribution in [2.75, 3.05) is 0 Å². The van der Waals surface area contributed by atoms with Gasteiger partial charge in [0.15, 0.2) is 0 Å². The van der Waals surface area contributed by atoms with Gasteiger partial charge in [-0.05, 0) is 20.8 Å². The van der Waals surface area contributed by atoms with E-state index in [4.69, 9.17) is 4.74 Å². The highest BCUT2D eigenvalue weighted by Crippen LogP contribution is 2.22. The molecule has 0 saturated heterocycles. The van der Waals surface area contributed by atoms with Crippen LogP contribution in [-0.4, -0.2) is 21.9 Å². The zero-order valence-electron chi connectivity index (χ0n) is 11.7. The first-order chi connectivity index (χ1) is 9.44. The van der Waals surface area contributed by atoms with Crippen molar-refractivity contribution in [2.45, 2.75) is 32.9 Å². The van der Waals surface area contributed by atoms with Crippen molar-refractivity contribution in [1.82, 2.24) is 15.5 Å². The molecule has 0 aliphatic heterocycles. The second-order valence-corrected chi connectivity index (χ2v) is 6.28. The molecule has 2 rings (SSSR count). The van der Waals surface area contributed by atoms with Crippen molar-refractivity contribution in [3.8, 4) is 10.6 Å². The maximum Gasteiger partial charge on any atom is 0.408 e. The predicted octanol–water partition coefficient (Wildman–Crippen LogP) is 3.23. The Bertz CT molecular complexity index is 576. The van der Waals surface area contributed by atoms with Gasteiger partial charge < -0.3 is 10.1 Å². The van der Waals surface area contributed by atoms with Crippen molar-refractivity contribution in [3.63, 3.8) is 0 Å². The zero-order valence-corrected chi connectivity index (χ0v) is 12.5. The van der Waals surface area contributed by atoms with Crippen LogP contribution in [0.5, 0.6) is 0 Å². The summed E-state index contributed by atoms with van der Waals surface area (Å²) in [6.07, 6.45) is -0.450. The zero-order chi connectivity index (χ0) is 14.6. The number of hydrogen-bond donors (Lipinski definition) is 1. The first-order valence-electron chi connectivity index (χ1n) is 6.29. The minimum Gasteiger partial charge on any atom is -0.444 e. The van der Waals surface area contributed by atoms with Crippen LogP contribution in [0, 0.1) is 0 Å². The fraction of sp³-hybridized carbons (Fsp3) is 0.357. The van der Waals surface area contributed by atoms with E-state index in [0.29, 0.717) is 6.54 Å². The summed E-state index contributed by atoms with van der Waals surface area (Å²) in [6, 6.07) is 9.82. The molecule has 1 aromatic heterocycles. The molecule has 0 radical (unpaired) electrons. The molecule has 0 spiro atoms. The van der Waals surface area contributed by atoms with Crippen LogP contribution in [-0.2, 0) is 11.3 Å². The lowest BCUT2D eigenvalue weighted by Gasteiger charge is -2.19. The maximum absolute atomic E-state index is 11.5. The molecule has 0 bridgehead atoms. The molecule has 1 amide bonds. The molecular formula is C14H17N3O2S. The summed E-state index contributed by atoms with van der Waals surface area (Å²) in [5.41, 5.74) is 0.522. The summed E-state index contributed by atoms with van der Waals surface area (Å²) in [7, 11) is 0. The van der Waals surface area contributed by atoms with Gasteiger partial charge in [-0.25, -0.2) is 4.79 Å². The Labute approximate surface area is 122 Å². The number of aromatic nitrogens is 2. The van der Waals surface area contributed by atoms with Crippen molar-refractivity contribution in [2.24, 2.45) is 0 Å². The van der Waals surface area contributed by atoms with Crippen molar-refractivity contribution >= 4 is 17.4 Å². The molecule has 106 valence electrons. The van der Waals surface area contributed by atoms with Crippen LogP contribution in [0.25, 0.3) is 10.6 Å². The average molecular weight is 291 g/mol. The third-order valence-electron chi connectivity index (χ3n) is 2.27. The Morgan fingerprint density at radius 1 is 1.25 bits per heavy atom. The Hall–Kier alpha value is -1.95. The normalized spacial score (nSPS) is 11.2. The van der Waals surface area contributed by atoms with E-state index in [0.717, 1.165) is 15.6 Å². The van der Waals surface area contributed by atoms with Gasteiger partial charge in [-0.1, -0.05) is 41.7 Å². The third-order valence-corrected chi connectivity index (χ3v) is 3.24. The minimum atomic E-state index is -0.500. The van der Waals surface area contributed by atoms with Crippen LogP contribution in [0.3, 0.4) is 0 Å². The molecule has 6 heteroatoms. The second kappa shape index (κ2) is 6.00. The van der Waals surface area contributed by atoms with Gasteiger partial charge in [0.2, 0.25) is 0 Å². The molecule has 0 fully saturated rings. The summed E-state index contributed by atoms with van der Waals surface area (Å²) in [5, 5.41) is 12.4. The van der Waals surface area contributed by atoms with E-state index in [1.165, 1.54) is 11.3 Å². The van der Waals surface area contributed by atoms with Gasteiger partial charge in [0, 0.05) is 5.56 Å². The van der Waals surface area contributed by atoms with Crippen LogP contribution in [0.1, 0.15) is 25.8 Å². The predicted molar refractivity (Wildman–Crippen MR) is 78.4 cm³/mol. The minimum absolute atomic E-state index is 0.319. The number of rotatable bonds is 3. The quantitative estimate of drug-likeness (QED) is 0.943. The van der Waals surface area contributed by atoms with Gasteiger partial charge in [0.1, 0.15) is 15.6 Å². The second-order valence-electron chi connectivity index (χ2n) is 5.22. The lowest BCUT2D eigenvalue weighted by molar-refractivity contribution is 0.0523. The van der Waals surface area contributed by atoms with Gasteiger partial charge in [-0.3, -0.25) is 0 Å². The number of hydrogen-bond acceptors (Lipinski definition) is 5. The van der Waals surface area contributed by atoms with Gasteiger partial charge in [-0.15, -0.1) is 10.2 Å². The van der Waals surface area contributed by atoms with Gasteiger partial charge in [-0.2, -0.15) is 0 Å². The van der Waals surface area contributed by atoms with Crippen LogP contribution in [0.2, 0.25) is 0 Å². The number of amides is 1. The Kier molecular flexibility index (Phi) is 4.34. The monoisotopic (exact) mass is 291 g/mol. The van der Waals surface area contributed by atoms with Crippen molar-refractivity contribution < 1.29 is 9.53 Å². The lowest BCUT2D eigenvalue weighted by Crippen LogP contribution is -2.32. The van der Waals surface area contributed by atoms with E-state index in [1.807, 2.05) is 51.1 Å². The van der Waals surface area contributed by atoms with E-state index in [-0.39, 0.29) is 0 Å². The molecule has 1 aromatic carbocycles. The molecule has 5 nitrogen and oxygen atoms in total. The largest absolute Gasteiger partial charge is 0.444 e. The van der Waals surface area contributed by atoms with Crippen LogP contribution in [0.4, 0.5) is 4.79 Å². The molecule has 2 aromatic rings. The van der Waals surface area contributed by atoms with E-state index in [9.17, 15) is 4.79 Å². The Morgan fingerprint density at radius 2 is 1.95 bits per heavy atom. The standard InChI is InChI=1S/C14H17N3O2S/c1-14(2,3)19-13(18)15-9-11-16-17-12(20-11)10-7-5-4-6-8-10/h4-8H,9H2,1-3H3,(H,15,18). The Morgan fingerprint density at radius 3 is 2.60 bits per heavy atom. The maximum atomic E-state index is 11.5. The molecule has 0 saturated carbocycles. The molecule has 1 heterocycles. The number of alkyl carbamates (subject to hydrolysis) is 1. The van der Waals surface area contributed by atoms with Gasteiger partial charge >= 0.3 is 6.09 Å². The van der Waals surface area contributed by atoms with Crippen molar-refractivity contribution in [3.05, 3.63) is 35.3 Å². The highest BCUT2D eigenvalue weighted by molar-refractivity contribution is 7.14. The third kappa shape index (κ3) is 4.31. The van der Waals surface area contributed by atoms with Gasteiger partial charge in [0.05, 0.1) is 6.54 Å². The average Bonchev–Trinajstić information content (AvgIpc) is 2.84. The fourth-order valence-electron chi connectivity index (χ4n) is 1.48. The number of ether oxygens (including phenoxy) is 1. The molecule has 0 unspecified atom stereocenters. The number of nitrogens with one attached hydrogen (secondary N) is 1. The summed E-state index contributed by atoms with van der Waals surface area (Å²) < 4.78 is 5.16. The number of nitrogens with zero attached hydrogens (tertiary/aromatic N) is 2. The summed E-state index contributed by atoms with van der Waals surface area (Å²) in [6.45, 7) is 5.79. The molecule has 1 N–H and O–H groups in total. The lowest BCUT2D eigenvalue weighted by atomic mass is 10.2. The van der Waals surface area contributed by atoms with Gasteiger partial charge in [0.25, 0.3) is 0 Å². The molecular weight excluding hydrogens is 274 g/mol. The summed E-state index contributed by atoms with van der Waals surface area (Å²) in [4.78, 5) is 11.5. The number of carbonyl (C=O) groups excluding carboxylic acids is 1. The van der Waals surface area contributed by atoms with E-state index >= 15 is 0 Å². The van der Waals surface area contributed by atoms with E-state index in [1.54, 1.807) is 0 Å². The van der Waals surface area contributed by atoms with Crippen LogP contribution in [0.15, 0.2) is 30.3 Å². The molecule has 0 aliphatic rings. The first-order valence-corrected chi connectivity index (χ1v) is 7.10. The summed E-state index contributed by atoms with van der Waals surface area (Å²) >= 11 is 1.45. The van der Waals surface area contributed by atoms with E-state index < -0.39 is 11.7 Å². The Balaban J connectivity index is 1.92. The topological polar surface area (TPSA) is 64.1 Å². The first kappa shape index (κ1) is 14.5. The number of benzene rings is 1. The smallest absolute Gasteiger partial charge is 0.408 e. The molecule has 20 heavy (non-hydrogen) atoms. The fourth-order valence-corrected chi connectivity index (χ4v) is 2.27. The molecule has 0 aliphatic carbocycles. The number of carbonyl (C=O) groups is 1. The highest BCUT2D eigenvalue weighted by atomic mass is 32.1. The SMILES string of the molecule is CC(C)(C)OC(=O)NCc1nnc(-c2ccccc2)s1. The summed E-state index contributed by atoms with van der Waals surface area (Å²) in [5.74, 6) is 0.